The molecule has 28 heavy (non-hydrogen) atoms. The number of hydrogen-bond acceptors (Lipinski definition) is 6. The second-order valence-electron chi connectivity index (χ2n) is 7.55. The summed E-state index contributed by atoms with van der Waals surface area (Å²) in [7, 11) is 0. The van der Waals surface area contributed by atoms with Crippen molar-refractivity contribution in [3.8, 4) is 0 Å². The Balaban J connectivity index is 1.28. The number of amides is 1. The number of thiophene rings is 1. The molecule has 0 unspecified atom stereocenters. The normalized spacial score (nSPS) is 19.1. The van der Waals surface area contributed by atoms with E-state index in [0.29, 0.717) is 19.0 Å². The van der Waals surface area contributed by atoms with Crippen molar-refractivity contribution in [2.24, 2.45) is 0 Å². The lowest BCUT2D eigenvalue weighted by Gasteiger charge is -2.08. The Labute approximate surface area is 167 Å². The molecule has 5 rings (SSSR count). The molecule has 0 bridgehead atoms. The second kappa shape index (κ2) is 7.60. The minimum absolute atomic E-state index is 0.0159. The van der Waals surface area contributed by atoms with E-state index in [4.69, 9.17) is 5.10 Å². The van der Waals surface area contributed by atoms with Gasteiger partial charge in [-0.15, -0.1) is 11.3 Å². The summed E-state index contributed by atoms with van der Waals surface area (Å²) in [6, 6.07) is 2.08. The standard InChI is InChI=1S/C20H24N6OS/c27-20(16-11-13-3-1-2-4-15(13)28-16)24-9-10-26-19-18(22-7-8-23-19)17(25-26)14-5-6-21-12-14/h7-8,11,14,21H,1-6,9-10,12H2,(H,24,27)/t14-/m0/s1. The van der Waals surface area contributed by atoms with Gasteiger partial charge in [0.1, 0.15) is 5.52 Å². The molecule has 1 aliphatic carbocycles. The van der Waals surface area contributed by atoms with Gasteiger partial charge in [-0.1, -0.05) is 0 Å². The Morgan fingerprint density at radius 2 is 2.18 bits per heavy atom. The van der Waals surface area contributed by atoms with E-state index in [1.807, 2.05) is 4.68 Å². The van der Waals surface area contributed by atoms with Gasteiger partial charge in [0.25, 0.3) is 5.91 Å². The SMILES string of the molecule is O=C(NCCn1nc([C@H]2CCNC2)c2nccnc21)c1cc2c(s1)CCCC2. The topological polar surface area (TPSA) is 84.7 Å². The zero-order valence-electron chi connectivity index (χ0n) is 15.8. The van der Waals surface area contributed by atoms with E-state index < -0.39 is 0 Å². The molecule has 1 aliphatic heterocycles. The Kier molecular flexibility index (Phi) is 4.82. The number of nitrogens with one attached hydrogen (secondary N) is 2. The molecule has 1 atom stereocenters. The summed E-state index contributed by atoms with van der Waals surface area (Å²) >= 11 is 1.65. The highest BCUT2D eigenvalue weighted by molar-refractivity contribution is 7.14. The molecule has 2 N–H and O–H groups in total. The predicted molar refractivity (Wildman–Crippen MR) is 109 cm³/mol. The van der Waals surface area contributed by atoms with Crippen molar-refractivity contribution in [1.82, 2.24) is 30.4 Å². The average molecular weight is 397 g/mol. The first kappa shape index (κ1) is 17.8. The number of aromatic nitrogens is 4. The van der Waals surface area contributed by atoms with Gasteiger partial charge >= 0.3 is 0 Å². The Morgan fingerprint density at radius 3 is 3.04 bits per heavy atom. The number of rotatable bonds is 5. The smallest absolute Gasteiger partial charge is 0.261 e. The predicted octanol–water partition coefficient (Wildman–Crippen LogP) is 2.27. The van der Waals surface area contributed by atoms with E-state index in [-0.39, 0.29) is 5.91 Å². The van der Waals surface area contributed by atoms with Crippen molar-refractivity contribution in [3.63, 3.8) is 0 Å². The van der Waals surface area contributed by atoms with Gasteiger partial charge in [0, 0.05) is 36.3 Å². The first-order valence-corrected chi connectivity index (χ1v) is 10.9. The second-order valence-corrected chi connectivity index (χ2v) is 8.69. The van der Waals surface area contributed by atoms with Crippen LogP contribution in [0, 0.1) is 0 Å². The molecule has 1 amide bonds. The quantitative estimate of drug-likeness (QED) is 0.691. The molecule has 7 nitrogen and oxygen atoms in total. The van der Waals surface area contributed by atoms with E-state index in [2.05, 4.69) is 26.7 Å². The molecular formula is C20H24N6OS. The van der Waals surface area contributed by atoms with Crippen LogP contribution in [0.15, 0.2) is 18.5 Å². The van der Waals surface area contributed by atoms with Crippen LogP contribution in [0.3, 0.4) is 0 Å². The molecule has 3 aromatic rings. The number of aryl methyl sites for hydroxylation is 2. The van der Waals surface area contributed by atoms with E-state index in [9.17, 15) is 4.79 Å². The maximum atomic E-state index is 12.6. The van der Waals surface area contributed by atoms with Gasteiger partial charge in [0.05, 0.1) is 17.1 Å². The van der Waals surface area contributed by atoms with Crippen LogP contribution in [0.25, 0.3) is 11.2 Å². The van der Waals surface area contributed by atoms with Crippen LogP contribution >= 0.6 is 11.3 Å². The highest BCUT2D eigenvalue weighted by Crippen LogP contribution is 2.29. The number of nitrogens with zero attached hydrogens (tertiary/aromatic N) is 4. The van der Waals surface area contributed by atoms with Crippen LogP contribution in [0.2, 0.25) is 0 Å². The number of hydrogen-bond donors (Lipinski definition) is 2. The van der Waals surface area contributed by atoms with Gasteiger partial charge in [-0.2, -0.15) is 5.10 Å². The molecule has 4 heterocycles. The first-order valence-electron chi connectivity index (χ1n) is 10.1. The van der Waals surface area contributed by atoms with Crippen LogP contribution in [-0.2, 0) is 19.4 Å². The summed E-state index contributed by atoms with van der Waals surface area (Å²) in [6.45, 7) is 3.06. The Bertz CT molecular complexity index is 980. The summed E-state index contributed by atoms with van der Waals surface area (Å²) < 4.78 is 1.88. The maximum absolute atomic E-state index is 12.6. The summed E-state index contributed by atoms with van der Waals surface area (Å²) in [5.74, 6) is 0.398. The van der Waals surface area contributed by atoms with Crippen LogP contribution in [0.5, 0.6) is 0 Å². The van der Waals surface area contributed by atoms with Crippen molar-refractivity contribution in [2.75, 3.05) is 19.6 Å². The number of carbonyl (C=O) groups is 1. The summed E-state index contributed by atoms with van der Waals surface area (Å²) in [6.07, 6.45) is 9.19. The van der Waals surface area contributed by atoms with E-state index in [0.717, 1.165) is 54.1 Å². The van der Waals surface area contributed by atoms with Gasteiger partial charge in [0.15, 0.2) is 5.65 Å². The molecule has 1 saturated heterocycles. The van der Waals surface area contributed by atoms with Crippen LogP contribution < -0.4 is 10.6 Å². The molecule has 2 aliphatic rings. The number of fused-ring (bicyclic) bond motifs is 2. The van der Waals surface area contributed by atoms with Gasteiger partial charge < -0.3 is 10.6 Å². The molecule has 1 fully saturated rings. The highest BCUT2D eigenvalue weighted by Gasteiger charge is 2.24. The fraction of sp³-hybridized carbons (Fsp3) is 0.500. The molecule has 0 saturated carbocycles. The Morgan fingerprint density at radius 1 is 1.29 bits per heavy atom. The molecule has 0 aromatic carbocycles. The highest BCUT2D eigenvalue weighted by atomic mass is 32.1. The zero-order valence-corrected chi connectivity index (χ0v) is 16.6. The summed E-state index contributed by atoms with van der Waals surface area (Å²) in [5, 5.41) is 11.2. The lowest BCUT2D eigenvalue weighted by Crippen LogP contribution is -2.27. The minimum atomic E-state index is 0.0159. The third-order valence-electron chi connectivity index (χ3n) is 5.67. The van der Waals surface area contributed by atoms with Crippen molar-refractivity contribution < 1.29 is 4.79 Å². The Hall–Kier alpha value is -2.32. The molecule has 0 spiro atoms. The van der Waals surface area contributed by atoms with Crippen molar-refractivity contribution >= 4 is 28.4 Å². The van der Waals surface area contributed by atoms with Crippen molar-refractivity contribution in [3.05, 3.63) is 39.5 Å². The molecule has 0 radical (unpaired) electrons. The number of carbonyl (C=O) groups excluding carboxylic acids is 1. The lowest BCUT2D eigenvalue weighted by atomic mass is 9.99. The van der Waals surface area contributed by atoms with Gasteiger partial charge in [-0.3, -0.25) is 4.79 Å². The molecular weight excluding hydrogens is 372 g/mol. The first-order chi connectivity index (χ1) is 13.8. The third kappa shape index (κ3) is 3.31. The molecule has 146 valence electrons. The van der Waals surface area contributed by atoms with Crippen molar-refractivity contribution in [2.45, 2.75) is 44.6 Å². The van der Waals surface area contributed by atoms with Gasteiger partial charge in [-0.25, -0.2) is 14.6 Å². The fourth-order valence-corrected chi connectivity index (χ4v) is 5.38. The van der Waals surface area contributed by atoms with Gasteiger partial charge in [0.2, 0.25) is 0 Å². The lowest BCUT2D eigenvalue weighted by molar-refractivity contribution is 0.0956. The molecule has 8 heteroatoms. The van der Waals surface area contributed by atoms with E-state index in [1.165, 1.54) is 23.3 Å². The van der Waals surface area contributed by atoms with E-state index >= 15 is 0 Å². The largest absolute Gasteiger partial charge is 0.349 e. The average Bonchev–Trinajstić information content (AvgIpc) is 3.46. The summed E-state index contributed by atoms with van der Waals surface area (Å²) in [4.78, 5) is 23.8. The fourth-order valence-electron chi connectivity index (χ4n) is 4.21. The zero-order chi connectivity index (χ0) is 18.9. The third-order valence-corrected chi connectivity index (χ3v) is 6.91. The monoisotopic (exact) mass is 396 g/mol. The van der Waals surface area contributed by atoms with Crippen LogP contribution in [-0.4, -0.2) is 45.3 Å². The van der Waals surface area contributed by atoms with Gasteiger partial charge in [-0.05, 0) is 50.3 Å². The van der Waals surface area contributed by atoms with E-state index in [1.54, 1.807) is 23.7 Å². The maximum Gasteiger partial charge on any atom is 0.261 e. The van der Waals surface area contributed by atoms with Crippen LogP contribution in [0.4, 0.5) is 0 Å². The summed E-state index contributed by atoms with van der Waals surface area (Å²) in [5.41, 5.74) is 4.06. The molecule has 3 aromatic heterocycles. The minimum Gasteiger partial charge on any atom is -0.349 e. The van der Waals surface area contributed by atoms with Crippen LogP contribution in [0.1, 0.15) is 51.0 Å². The van der Waals surface area contributed by atoms with Crippen molar-refractivity contribution in [1.29, 1.82) is 0 Å².